The van der Waals surface area contributed by atoms with Crippen molar-refractivity contribution in [1.82, 2.24) is 15.2 Å². The number of ether oxygens (including phenoxy) is 2. The minimum absolute atomic E-state index is 0.0161. The van der Waals surface area contributed by atoms with E-state index in [0.29, 0.717) is 19.6 Å². The summed E-state index contributed by atoms with van der Waals surface area (Å²) in [5.74, 6) is -0.193. The number of hydrogen-bond acceptors (Lipinski definition) is 6. The van der Waals surface area contributed by atoms with Gasteiger partial charge >= 0.3 is 0 Å². The molecule has 24 heavy (non-hydrogen) atoms. The molecule has 2 heterocycles. The normalized spacial score (nSPS) is 20.7. The second kappa shape index (κ2) is 8.55. The first-order valence-corrected chi connectivity index (χ1v) is 8.80. The Morgan fingerprint density at radius 1 is 1.42 bits per heavy atom. The summed E-state index contributed by atoms with van der Waals surface area (Å²) in [4.78, 5) is 30.9. The Morgan fingerprint density at radius 3 is 2.79 bits per heavy atom. The standard InChI is InChI=1S/C16H25N3O4S/c1-10-13(17-11(2)24-10)7-15(20)18-12-5-6-22-8-14(12)23-9-16(21)19(3)4/h12,14H,5-9H2,1-4H3,(H,18,20)/t12-,14-/m1/s1. The van der Waals surface area contributed by atoms with Crippen LogP contribution in [-0.2, 0) is 25.5 Å². The molecule has 1 fully saturated rings. The van der Waals surface area contributed by atoms with Gasteiger partial charge < -0.3 is 19.7 Å². The molecule has 0 saturated carbocycles. The van der Waals surface area contributed by atoms with Crippen LogP contribution in [0.4, 0.5) is 0 Å². The van der Waals surface area contributed by atoms with Gasteiger partial charge in [0.2, 0.25) is 11.8 Å². The third-order valence-corrected chi connectivity index (χ3v) is 4.83. The molecule has 7 nitrogen and oxygen atoms in total. The van der Waals surface area contributed by atoms with Gasteiger partial charge in [-0.2, -0.15) is 0 Å². The van der Waals surface area contributed by atoms with Crippen LogP contribution in [0, 0.1) is 13.8 Å². The van der Waals surface area contributed by atoms with Crippen LogP contribution >= 0.6 is 11.3 Å². The van der Waals surface area contributed by atoms with E-state index in [-0.39, 0.29) is 37.0 Å². The third-order valence-electron chi connectivity index (χ3n) is 3.90. The van der Waals surface area contributed by atoms with Gasteiger partial charge in [-0.25, -0.2) is 4.98 Å². The fourth-order valence-electron chi connectivity index (χ4n) is 2.49. The van der Waals surface area contributed by atoms with Gasteiger partial charge in [0.15, 0.2) is 0 Å². The van der Waals surface area contributed by atoms with Crippen LogP contribution in [0.3, 0.4) is 0 Å². The zero-order valence-corrected chi connectivity index (χ0v) is 15.4. The highest BCUT2D eigenvalue weighted by molar-refractivity contribution is 7.11. The lowest BCUT2D eigenvalue weighted by atomic mass is 10.1. The number of carbonyl (C=O) groups excluding carboxylic acids is 2. The number of thiazole rings is 1. The highest BCUT2D eigenvalue weighted by Crippen LogP contribution is 2.17. The van der Waals surface area contributed by atoms with E-state index >= 15 is 0 Å². The van der Waals surface area contributed by atoms with Crippen molar-refractivity contribution in [2.24, 2.45) is 0 Å². The molecule has 0 radical (unpaired) electrons. The number of nitrogens with one attached hydrogen (secondary N) is 1. The van der Waals surface area contributed by atoms with E-state index in [2.05, 4.69) is 10.3 Å². The molecule has 2 rings (SSSR count). The number of aromatic nitrogens is 1. The molecule has 134 valence electrons. The smallest absolute Gasteiger partial charge is 0.248 e. The number of nitrogens with zero attached hydrogens (tertiary/aromatic N) is 2. The number of carbonyl (C=O) groups is 2. The van der Waals surface area contributed by atoms with Crippen LogP contribution in [-0.4, -0.2) is 67.8 Å². The largest absolute Gasteiger partial charge is 0.379 e. The van der Waals surface area contributed by atoms with Crippen molar-refractivity contribution in [3.8, 4) is 0 Å². The Bertz CT molecular complexity index is 588. The van der Waals surface area contributed by atoms with Crippen LogP contribution in [0.5, 0.6) is 0 Å². The molecule has 1 aromatic heterocycles. The van der Waals surface area contributed by atoms with E-state index in [1.807, 2.05) is 13.8 Å². The van der Waals surface area contributed by atoms with Crippen molar-refractivity contribution in [2.45, 2.75) is 38.8 Å². The van der Waals surface area contributed by atoms with Gasteiger partial charge in [-0.3, -0.25) is 9.59 Å². The topological polar surface area (TPSA) is 80.8 Å². The molecular weight excluding hydrogens is 330 g/mol. The van der Waals surface area contributed by atoms with Crippen LogP contribution in [0.25, 0.3) is 0 Å². The predicted octanol–water partition coefficient (Wildman–Crippen LogP) is 0.681. The van der Waals surface area contributed by atoms with Crippen LogP contribution in [0.2, 0.25) is 0 Å². The summed E-state index contributed by atoms with van der Waals surface area (Å²) in [7, 11) is 3.36. The first kappa shape index (κ1) is 18.8. The predicted molar refractivity (Wildman–Crippen MR) is 91.1 cm³/mol. The lowest BCUT2D eigenvalue weighted by Crippen LogP contribution is -2.51. The summed E-state index contributed by atoms with van der Waals surface area (Å²) >= 11 is 1.59. The van der Waals surface area contributed by atoms with Gasteiger partial charge in [-0.15, -0.1) is 11.3 Å². The fourth-order valence-corrected chi connectivity index (χ4v) is 3.33. The molecule has 2 atom stereocenters. The van der Waals surface area contributed by atoms with Crippen LogP contribution in [0.1, 0.15) is 22.0 Å². The van der Waals surface area contributed by atoms with Gasteiger partial charge in [-0.1, -0.05) is 0 Å². The molecule has 0 aliphatic carbocycles. The molecule has 0 aromatic carbocycles. The third kappa shape index (κ3) is 5.25. The molecule has 8 heteroatoms. The maximum absolute atomic E-state index is 12.3. The summed E-state index contributed by atoms with van der Waals surface area (Å²) in [5.41, 5.74) is 0.822. The second-order valence-corrected chi connectivity index (χ2v) is 7.50. The zero-order valence-electron chi connectivity index (χ0n) is 14.6. The highest BCUT2D eigenvalue weighted by atomic mass is 32.1. The number of likely N-dealkylation sites (N-methyl/N-ethyl adjacent to an activating group) is 1. The summed E-state index contributed by atoms with van der Waals surface area (Å²) in [6.07, 6.45) is 0.614. The van der Waals surface area contributed by atoms with Crippen molar-refractivity contribution >= 4 is 23.2 Å². The molecule has 1 N–H and O–H groups in total. The lowest BCUT2D eigenvalue weighted by molar-refractivity contribution is -0.141. The Kier molecular flexibility index (Phi) is 6.70. The summed E-state index contributed by atoms with van der Waals surface area (Å²) in [5, 5.41) is 3.97. The van der Waals surface area contributed by atoms with E-state index in [1.165, 1.54) is 4.90 Å². The van der Waals surface area contributed by atoms with Crippen molar-refractivity contribution in [3.05, 3.63) is 15.6 Å². The van der Waals surface area contributed by atoms with Gasteiger partial charge in [0.05, 0.1) is 29.8 Å². The number of rotatable bonds is 6. The number of amides is 2. The molecule has 1 saturated heterocycles. The van der Waals surface area contributed by atoms with Gasteiger partial charge in [0, 0.05) is 25.6 Å². The monoisotopic (exact) mass is 355 g/mol. The minimum Gasteiger partial charge on any atom is -0.379 e. The maximum atomic E-state index is 12.3. The van der Waals surface area contributed by atoms with E-state index in [0.717, 1.165) is 15.6 Å². The summed E-state index contributed by atoms with van der Waals surface area (Å²) < 4.78 is 11.1. The summed E-state index contributed by atoms with van der Waals surface area (Å²) in [6, 6.07) is -0.152. The average molecular weight is 355 g/mol. The Balaban J connectivity index is 1.89. The summed E-state index contributed by atoms with van der Waals surface area (Å²) in [6.45, 7) is 4.84. The molecule has 0 unspecified atom stereocenters. The van der Waals surface area contributed by atoms with Crippen molar-refractivity contribution in [3.63, 3.8) is 0 Å². The van der Waals surface area contributed by atoms with Crippen molar-refractivity contribution in [2.75, 3.05) is 33.9 Å². The quantitative estimate of drug-likeness (QED) is 0.812. The fraction of sp³-hybridized carbons (Fsp3) is 0.688. The van der Waals surface area contributed by atoms with Gasteiger partial charge in [0.1, 0.15) is 12.7 Å². The second-order valence-electron chi connectivity index (χ2n) is 6.09. The van der Waals surface area contributed by atoms with E-state index in [4.69, 9.17) is 9.47 Å². The average Bonchev–Trinajstić information content (AvgIpc) is 2.83. The van der Waals surface area contributed by atoms with Crippen LogP contribution in [0.15, 0.2) is 0 Å². The molecule has 0 bridgehead atoms. The molecule has 1 aliphatic heterocycles. The van der Waals surface area contributed by atoms with E-state index < -0.39 is 0 Å². The lowest BCUT2D eigenvalue weighted by Gasteiger charge is -2.32. The highest BCUT2D eigenvalue weighted by Gasteiger charge is 2.29. The molecular formula is C16H25N3O4S. The van der Waals surface area contributed by atoms with Crippen LogP contribution < -0.4 is 5.32 Å². The van der Waals surface area contributed by atoms with E-state index in [9.17, 15) is 9.59 Å². The molecule has 1 aliphatic rings. The minimum atomic E-state index is -0.315. The first-order valence-electron chi connectivity index (χ1n) is 7.98. The first-order chi connectivity index (χ1) is 11.4. The molecule has 0 spiro atoms. The Labute approximate surface area is 146 Å². The Morgan fingerprint density at radius 2 is 2.17 bits per heavy atom. The number of hydrogen-bond donors (Lipinski definition) is 1. The van der Waals surface area contributed by atoms with Crippen molar-refractivity contribution < 1.29 is 19.1 Å². The van der Waals surface area contributed by atoms with E-state index in [1.54, 1.807) is 25.4 Å². The Hall–Kier alpha value is -1.51. The molecule has 2 amide bonds. The van der Waals surface area contributed by atoms with Crippen molar-refractivity contribution in [1.29, 1.82) is 0 Å². The zero-order chi connectivity index (χ0) is 17.7. The molecule has 1 aromatic rings. The number of aryl methyl sites for hydroxylation is 2. The van der Waals surface area contributed by atoms with Gasteiger partial charge in [0.25, 0.3) is 0 Å². The maximum Gasteiger partial charge on any atom is 0.248 e. The van der Waals surface area contributed by atoms with Gasteiger partial charge in [-0.05, 0) is 20.3 Å². The SMILES string of the molecule is Cc1nc(CC(=O)N[C@@H]2CCOC[C@H]2OCC(=O)N(C)C)c(C)s1.